The van der Waals surface area contributed by atoms with Gasteiger partial charge in [-0.2, -0.15) is 0 Å². The van der Waals surface area contributed by atoms with Crippen molar-refractivity contribution in [1.82, 2.24) is 10.2 Å². The molecular formula is C12H11F2N3OS2. The third kappa shape index (κ3) is 3.73. The van der Waals surface area contributed by atoms with E-state index in [4.69, 9.17) is 0 Å². The summed E-state index contributed by atoms with van der Waals surface area (Å²) in [6.45, 7) is 3.47. The minimum absolute atomic E-state index is 0.170. The molecule has 0 spiro atoms. The normalized spacial score (nSPS) is 12.2. The van der Waals surface area contributed by atoms with Crippen LogP contribution in [0.25, 0.3) is 0 Å². The van der Waals surface area contributed by atoms with Gasteiger partial charge in [-0.25, -0.2) is 8.78 Å². The molecule has 2 rings (SSSR count). The van der Waals surface area contributed by atoms with Gasteiger partial charge in [-0.05, 0) is 26.0 Å². The second kappa shape index (κ2) is 6.27. The van der Waals surface area contributed by atoms with E-state index in [-0.39, 0.29) is 5.69 Å². The van der Waals surface area contributed by atoms with Crippen molar-refractivity contribution in [1.29, 1.82) is 0 Å². The molecule has 0 saturated heterocycles. The number of aryl methyl sites for hydroxylation is 1. The highest BCUT2D eigenvalue weighted by atomic mass is 32.2. The number of benzene rings is 1. The van der Waals surface area contributed by atoms with Crippen molar-refractivity contribution in [2.24, 2.45) is 0 Å². The number of carbonyl (C=O) groups is 1. The summed E-state index contributed by atoms with van der Waals surface area (Å²) in [6.07, 6.45) is 0. The molecule has 1 amide bonds. The highest BCUT2D eigenvalue weighted by Gasteiger charge is 2.18. The number of thioether (sulfide) groups is 1. The van der Waals surface area contributed by atoms with Gasteiger partial charge in [0.15, 0.2) is 4.34 Å². The van der Waals surface area contributed by atoms with E-state index in [1.807, 2.05) is 6.92 Å². The van der Waals surface area contributed by atoms with Gasteiger partial charge in [-0.15, -0.1) is 10.2 Å². The first-order valence-corrected chi connectivity index (χ1v) is 7.38. The molecule has 8 heteroatoms. The molecule has 0 aliphatic carbocycles. The summed E-state index contributed by atoms with van der Waals surface area (Å²) < 4.78 is 27.1. The first-order chi connectivity index (χ1) is 9.45. The van der Waals surface area contributed by atoms with Gasteiger partial charge in [0.05, 0.1) is 10.9 Å². The van der Waals surface area contributed by atoms with Crippen LogP contribution in [0.2, 0.25) is 0 Å². The van der Waals surface area contributed by atoms with E-state index in [0.29, 0.717) is 4.34 Å². The van der Waals surface area contributed by atoms with Crippen molar-refractivity contribution in [3.05, 3.63) is 34.8 Å². The Hall–Kier alpha value is -1.54. The molecule has 4 nitrogen and oxygen atoms in total. The van der Waals surface area contributed by atoms with E-state index < -0.39 is 22.8 Å². The Bertz CT molecular complexity index is 633. The maximum atomic E-state index is 13.4. The average molecular weight is 315 g/mol. The summed E-state index contributed by atoms with van der Waals surface area (Å²) in [7, 11) is 0. The number of nitrogens with zero attached hydrogens (tertiary/aromatic N) is 2. The van der Waals surface area contributed by atoms with Gasteiger partial charge in [0, 0.05) is 6.07 Å². The van der Waals surface area contributed by atoms with Crippen LogP contribution in [0.15, 0.2) is 22.5 Å². The molecule has 0 saturated carbocycles. The Morgan fingerprint density at radius 2 is 2.15 bits per heavy atom. The summed E-state index contributed by atoms with van der Waals surface area (Å²) in [4.78, 5) is 11.9. The van der Waals surface area contributed by atoms with Gasteiger partial charge in [-0.1, -0.05) is 23.1 Å². The topological polar surface area (TPSA) is 54.9 Å². The molecule has 1 aromatic heterocycles. The van der Waals surface area contributed by atoms with Gasteiger partial charge in [0.1, 0.15) is 16.6 Å². The molecule has 1 atom stereocenters. The number of hydrogen-bond donors (Lipinski definition) is 1. The Morgan fingerprint density at radius 1 is 1.40 bits per heavy atom. The average Bonchev–Trinajstić information content (AvgIpc) is 2.79. The first kappa shape index (κ1) is 14.9. The molecular weight excluding hydrogens is 304 g/mol. The lowest BCUT2D eigenvalue weighted by Gasteiger charge is -2.10. The Balaban J connectivity index is 2.02. The third-order valence-corrected chi connectivity index (χ3v) is 4.36. The predicted molar refractivity (Wildman–Crippen MR) is 75.0 cm³/mol. The smallest absolute Gasteiger partial charge is 0.237 e. The second-order valence-electron chi connectivity index (χ2n) is 3.96. The highest BCUT2D eigenvalue weighted by Crippen LogP contribution is 2.27. The van der Waals surface area contributed by atoms with E-state index in [2.05, 4.69) is 15.5 Å². The van der Waals surface area contributed by atoms with Gasteiger partial charge in [0.2, 0.25) is 5.91 Å². The summed E-state index contributed by atoms with van der Waals surface area (Å²) in [5.74, 6) is -1.71. The zero-order chi connectivity index (χ0) is 14.7. The lowest BCUT2D eigenvalue weighted by molar-refractivity contribution is -0.115. The fourth-order valence-electron chi connectivity index (χ4n) is 1.36. The maximum absolute atomic E-state index is 13.4. The van der Waals surface area contributed by atoms with Crippen LogP contribution in [-0.4, -0.2) is 21.4 Å². The van der Waals surface area contributed by atoms with Gasteiger partial charge < -0.3 is 5.32 Å². The number of aromatic nitrogens is 2. The first-order valence-electron chi connectivity index (χ1n) is 5.68. The molecule has 0 unspecified atom stereocenters. The van der Waals surface area contributed by atoms with E-state index in [0.717, 1.165) is 23.2 Å². The van der Waals surface area contributed by atoms with Crippen LogP contribution >= 0.6 is 23.1 Å². The molecule has 2 aromatic rings. The van der Waals surface area contributed by atoms with Gasteiger partial charge in [-0.3, -0.25) is 4.79 Å². The summed E-state index contributed by atoms with van der Waals surface area (Å²) >= 11 is 2.59. The van der Waals surface area contributed by atoms with Gasteiger partial charge in [0.25, 0.3) is 0 Å². The molecule has 1 heterocycles. The Labute approximate surface area is 122 Å². The van der Waals surface area contributed by atoms with Crippen LogP contribution in [0.3, 0.4) is 0 Å². The van der Waals surface area contributed by atoms with Crippen molar-refractivity contribution in [2.45, 2.75) is 23.4 Å². The molecule has 0 bridgehead atoms. The maximum Gasteiger partial charge on any atom is 0.237 e. The summed E-state index contributed by atoms with van der Waals surface area (Å²) in [6, 6.07) is 2.91. The number of hydrogen-bond acceptors (Lipinski definition) is 5. The molecule has 0 radical (unpaired) electrons. The van der Waals surface area contributed by atoms with Crippen LogP contribution in [-0.2, 0) is 4.79 Å². The predicted octanol–water partition coefficient (Wildman–Crippen LogP) is 3.24. The summed E-state index contributed by atoms with van der Waals surface area (Å²) in [5, 5.41) is 10.4. The molecule has 0 aliphatic heterocycles. The number of nitrogens with one attached hydrogen (secondary N) is 1. The standard InChI is InChI=1S/C12H11F2N3OS2/c1-6(19-12-17-16-7(2)20-12)11(18)15-10-5-8(13)3-4-9(10)14/h3-6H,1-2H3,(H,15,18)/t6-/m0/s1. The molecule has 106 valence electrons. The minimum atomic E-state index is -0.677. The van der Waals surface area contributed by atoms with Crippen molar-refractivity contribution in [2.75, 3.05) is 5.32 Å². The van der Waals surface area contributed by atoms with Crippen LogP contribution in [0.5, 0.6) is 0 Å². The molecule has 1 N–H and O–H groups in total. The summed E-state index contributed by atoms with van der Waals surface area (Å²) in [5.41, 5.74) is -0.170. The largest absolute Gasteiger partial charge is 0.323 e. The quantitative estimate of drug-likeness (QED) is 0.880. The number of carbonyl (C=O) groups excluding carboxylic acids is 1. The zero-order valence-electron chi connectivity index (χ0n) is 10.7. The SMILES string of the molecule is Cc1nnc(S[C@@H](C)C(=O)Nc2cc(F)ccc2F)s1. The Morgan fingerprint density at radius 3 is 2.80 bits per heavy atom. The van der Waals surface area contributed by atoms with E-state index in [1.54, 1.807) is 6.92 Å². The Kier molecular flexibility index (Phi) is 4.66. The monoisotopic (exact) mass is 315 g/mol. The lowest BCUT2D eigenvalue weighted by Crippen LogP contribution is -2.23. The van der Waals surface area contributed by atoms with Crippen molar-refractivity contribution in [3.63, 3.8) is 0 Å². The number of halogens is 2. The minimum Gasteiger partial charge on any atom is -0.323 e. The number of amides is 1. The molecule has 0 aliphatic rings. The van der Waals surface area contributed by atoms with Crippen LogP contribution in [0.4, 0.5) is 14.5 Å². The van der Waals surface area contributed by atoms with Gasteiger partial charge >= 0.3 is 0 Å². The van der Waals surface area contributed by atoms with Crippen LogP contribution in [0.1, 0.15) is 11.9 Å². The van der Waals surface area contributed by atoms with E-state index >= 15 is 0 Å². The van der Waals surface area contributed by atoms with E-state index in [9.17, 15) is 13.6 Å². The fourth-order valence-corrected chi connectivity index (χ4v) is 3.32. The molecule has 1 aromatic carbocycles. The second-order valence-corrected chi connectivity index (χ2v) is 6.73. The zero-order valence-corrected chi connectivity index (χ0v) is 12.3. The lowest BCUT2D eigenvalue weighted by atomic mass is 10.3. The van der Waals surface area contributed by atoms with Crippen LogP contribution < -0.4 is 5.32 Å². The van der Waals surface area contributed by atoms with Crippen molar-refractivity contribution >= 4 is 34.7 Å². The molecule has 20 heavy (non-hydrogen) atoms. The number of rotatable bonds is 4. The highest BCUT2D eigenvalue weighted by molar-refractivity contribution is 8.02. The molecule has 0 fully saturated rings. The van der Waals surface area contributed by atoms with Crippen molar-refractivity contribution < 1.29 is 13.6 Å². The van der Waals surface area contributed by atoms with Crippen LogP contribution in [0, 0.1) is 18.6 Å². The van der Waals surface area contributed by atoms with E-state index in [1.165, 1.54) is 23.1 Å². The fraction of sp³-hybridized carbons (Fsp3) is 0.250. The third-order valence-electron chi connectivity index (χ3n) is 2.34. The number of anilines is 1. The van der Waals surface area contributed by atoms with Crippen molar-refractivity contribution in [3.8, 4) is 0 Å².